The van der Waals surface area contributed by atoms with Gasteiger partial charge in [-0.1, -0.05) is 25.1 Å². The Bertz CT molecular complexity index is 407. The molecule has 1 saturated heterocycles. The molecule has 3 atom stereocenters. The van der Waals surface area contributed by atoms with Crippen molar-refractivity contribution in [2.24, 2.45) is 5.92 Å². The molecule has 2 rings (SSSR count). The number of benzene rings is 1. The fraction of sp³-hybridized carbons (Fsp3) is 0.625. The number of piperidine rings is 1. The van der Waals surface area contributed by atoms with Crippen molar-refractivity contribution in [3.63, 3.8) is 0 Å². The van der Waals surface area contributed by atoms with Crippen LogP contribution < -0.4 is 5.32 Å². The molecule has 0 aliphatic carbocycles. The van der Waals surface area contributed by atoms with Gasteiger partial charge < -0.3 is 10.2 Å². The van der Waals surface area contributed by atoms with Crippen LogP contribution in [0.3, 0.4) is 0 Å². The van der Waals surface area contributed by atoms with Crippen LogP contribution in [-0.4, -0.2) is 37.1 Å². The number of nitrogens with zero attached hydrogens (tertiary/aromatic N) is 1. The highest BCUT2D eigenvalue weighted by molar-refractivity contribution is 5.18. The smallest absolute Gasteiger partial charge is 0.126 e. The predicted octanol–water partition coefficient (Wildman–Crippen LogP) is 2.69. The van der Waals surface area contributed by atoms with Crippen LogP contribution in [0.15, 0.2) is 24.3 Å². The third-order valence-corrected chi connectivity index (χ3v) is 4.09. The van der Waals surface area contributed by atoms with Gasteiger partial charge in [0.1, 0.15) is 5.82 Å². The lowest BCUT2D eigenvalue weighted by molar-refractivity contribution is 0.167. The molecule has 2 nitrogen and oxygen atoms in total. The molecule has 1 fully saturated rings. The van der Waals surface area contributed by atoms with Gasteiger partial charge in [-0.15, -0.1) is 0 Å². The zero-order valence-electron chi connectivity index (χ0n) is 12.2. The highest BCUT2D eigenvalue weighted by Crippen LogP contribution is 2.17. The van der Waals surface area contributed by atoms with Crippen molar-refractivity contribution in [3.05, 3.63) is 35.6 Å². The number of likely N-dealkylation sites (tertiary alicyclic amines) is 1. The van der Waals surface area contributed by atoms with Crippen LogP contribution in [0.4, 0.5) is 4.39 Å². The molecule has 106 valence electrons. The Morgan fingerprint density at radius 1 is 1.42 bits per heavy atom. The summed E-state index contributed by atoms with van der Waals surface area (Å²) in [6, 6.07) is 7.94. The molecule has 1 aliphatic rings. The molecule has 3 heteroatoms. The zero-order valence-corrected chi connectivity index (χ0v) is 12.2. The third-order valence-electron chi connectivity index (χ3n) is 4.09. The molecule has 1 N–H and O–H groups in total. The van der Waals surface area contributed by atoms with Crippen molar-refractivity contribution >= 4 is 0 Å². The minimum atomic E-state index is -0.0902. The lowest BCUT2D eigenvalue weighted by atomic mass is 9.93. The molecule has 1 heterocycles. The molecule has 0 saturated carbocycles. The number of hydrogen-bond donors (Lipinski definition) is 1. The molecule has 0 radical (unpaired) electrons. The largest absolute Gasteiger partial charge is 0.311 e. The Labute approximate surface area is 116 Å². The van der Waals surface area contributed by atoms with Crippen LogP contribution in [0.1, 0.15) is 25.8 Å². The minimum absolute atomic E-state index is 0.0902. The highest BCUT2D eigenvalue weighted by Gasteiger charge is 2.25. The average molecular weight is 264 g/mol. The Hall–Kier alpha value is -0.930. The normalized spacial score (nSPS) is 26.3. The molecule has 0 spiro atoms. The lowest BCUT2D eigenvalue weighted by Gasteiger charge is -2.37. The Morgan fingerprint density at radius 3 is 2.84 bits per heavy atom. The van der Waals surface area contributed by atoms with Gasteiger partial charge in [-0.3, -0.25) is 0 Å². The molecule has 0 bridgehead atoms. The summed E-state index contributed by atoms with van der Waals surface area (Å²) < 4.78 is 13.6. The van der Waals surface area contributed by atoms with Gasteiger partial charge in [0.15, 0.2) is 0 Å². The number of halogens is 1. The Balaban J connectivity index is 1.87. The minimum Gasteiger partial charge on any atom is -0.311 e. The van der Waals surface area contributed by atoms with E-state index in [1.54, 1.807) is 12.1 Å². The first kappa shape index (κ1) is 14.5. The van der Waals surface area contributed by atoms with Crippen LogP contribution in [0.5, 0.6) is 0 Å². The number of rotatable bonds is 4. The van der Waals surface area contributed by atoms with Crippen LogP contribution in [-0.2, 0) is 6.42 Å². The van der Waals surface area contributed by atoms with Gasteiger partial charge in [-0.05, 0) is 50.9 Å². The monoisotopic (exact) mass is 264 g/mol. The van der Waals surface area contributed by atoms with Crippen molar-refractivity contribution in [1.29, 1.82) is 0 Å². The second kappa shape index (κ2) is 6.49. The van der Waals surface area contributed by atoms with E-state index in [0.717, 1.165) is 25.1 Å². The van der Waals surface area contributed by atoms with Crippen LogP contribution >= 0.6 is 0 Å². The van der Waals surface area contributed by atoms with E-state index < -0.39 is 0 Å². The van der Waals surface area contributed by atoms with Gasteiger partial charge >= 0.3 is 0 Å². The van der Waals surface area contributed by atoms with Gasteiger partial charge in [0.05, 0.1) is 0 Å². The van der Waals surface area contributed by atoms with Crippen LogP contribution in [0, 0.1) is 11.7 Å². The fourth-order valence-electron chi connectivity index (χ4n) is 3.02. The maximum Gasteiger partial charge on any atom is 0.126 e. The van der Waals surface area contributed by atoms with E-state index in [0.29, 0.717) is 18.0 Å². The predicted molar refractivity (Wildman–Crippen MR) is 77.8 cm³/mol. The van der Waals surface area contributed by atoms with Gasteiger partial charge in [-0.2, -0.15) is 0 Å². The third kappa shape index (κ3) is 4.02. The van der Waals surface area contributed by atoms with E-state index in [-0.39, 0.29) is 5.82 Å². The van der Waals surface area contributed by atoms with Crippen molar-refractivity contribution in [3.8, 4) is 0 Å². The van der Waals surface area contributed by atoms with E-state index in [4.69, 9.17) is 0 Å². The maximum atomic E-state index is 13.6. The van der Waals surface area contributed by atoms with E-state index in [1.165, 1.54) is 6.42 Å². The van der Waals surface area contributed by atoms with E-state index >= 15 is 0 Å². The maximum absolute atomic E-state index is 13.6. The molecular formula is C16H25FN2. The first-order valence-electron chi connectivity index (χ1n) is 7.24. The lowest BCUT2D eigenvalue weighted by Crippen LogP contribution is -2.50. The number of nitrogens with one attached hydrogen (secondary N) is 1. The molecule has 0 amide bonds. The fourth-order valence-corrected chi connectivity index (χ4v) is 3.02. The van der Waals surface area contributed by atoms with Gasteiger partial charge in [0, 0.05) is 18.6 Å². The van der Waals surface area contributed by atoms with Crippen LogP contribution in [0.25, 0.3) is 0 Å². The molecule has 1 aromatic carbocycles. The van der Waals surface area contributed by atoms with Gasteiger partial charge in [0.2, 0.25) is 0 Å². The molecule has 0 aromatic heterocycles. The summed E-state index contributed by atoms with van der Waals surface area (Å²) in [5, 5.41) is 3.67. The summed E-state index contributed by atoms with van der Waals surface area (Å²) in [6.07, 6.45) is 1.94. The highest BCUT2D eigenvalue weighted by atomic mass is 19.1. The van der Waals surface area contributed by atoms with Gasteiger partial charge in [-0.25, -0.2) is 4.39 Å². The summed E-state index contributed by atoms with van der Waals surface area (Å²) in [6.45, 7) is 6.74. The second-order valence-corrected chi connectivity index (χ2v) is 6.00. The zero-order chi connectivity index (χ0) is 13.8. The summed E-state index contributed by atoms with van der Waals surface area (Å²) in [5.74, 6) is 0.564. The summed E-state index contributed by atoms with van der Waals surface area (Å²) in [5.41, 5.74) is 0.808. The van der Waals surface area contributed by atoms with Crippen molar-refractivity contribution in [1.82, 2.24) is 10.2 Å². The molecule has 1 aromatic rings. The quantitative estimate of drug-likeness (QED) is 0.899. The Morgan fingerprint density at radius 2 is 2.16 bits per heavy atom. The standard InChI is InChI=1S/C16H25FN2/c1-12-11-19(3)9-8-16(12)18-13(2)10-14-6-4-5-7-15(14)17/h4-7,12-13,16,18H,8-11H2,1-3H3. The number of hydrogen-bond acceptors (Lipinski definition) is 2. The summed E-state index contributed by atoms with van der Waals surface area (Å²) in [7, 11) is 2.18. The van der Waals surface area contributed by atoms with E-state index in [9.17, 15) is 4.39 Å². The van der Waals surface area contributed by atoms with Crippen molar-refractivity contribution in [2.75, 3.05) is 20.1 Å². The Kier molecular flexibility index (Phi) is 4.94. The molecule has 19 heavy (non-hydrogen) atoms. The van der Waals surface area contributed by atoms with Crippen LogP contribution in [0.2, 0.25) is 0 Å². The molecule has 1 aliphatic heterocycles. The van der Waals surface area contributed by atoms with E-state index in [2.05, 4.69) is 31.1 Å². The summed E-state index contributed by atoms with van der Waals surface area (Å²) >= 11 is 0. The van der Waals surface area contributed by atoms with Crippen molar-refractivity contribution in [2.45, 2.75) is 38.8 Å². The van der Waals surface area contributed by atoms with Gasteiger partial charge in [0.25, 0.3) is 0 Å². The van der Waals surface area contributed by atoms with Crippen molar-refractivity contribution < 1.29 is 4.39 Å². The second-order valence-electron chi connectivity index (χ2n) is 6.00. The topological polar surface area (TPSA) is 15.3 Å². The van der Waals surface area contributed by atoms with E-state index in [1.807, 2.05) is 12.1 Å². The first-order chi connectivity index (χ1) is 9.06. The molecular weight excluding hydrogens is 239 g/mol. The SMILES string of the molecule is CC(Cc1ccccc1F)NC1CCN(C)CC1C. The first-order valence-corrected chi connectivity index (χ1v) is 7.24. The molecule has 3 unspecified atom stereocenters. The summed E-state index contributed by atoms with van der Waals surface area (Å²) in [4.78, 5) is 2.38. The average Bonchev–Trinajstić information content (AvgIpc) is 2.36.